The second-order valence-electron chi connectivity index (χ2n) is 3.65. The van der Waals surface area contributed by atoms with Crippen LogP contribution in [0.15, 0.2) is 38.6 Å². The van der Waals surface area contributed by atoms with E-state index in [0.717, 1.165) is 24.3 Å². The van der Waals surface area contributed by atoms with Crippen LogP contribution < -0.4 is 4.72 Å². The Morgan fingerprint density at radius 3 is 2.10 bits per heavy atom. The summed E-state index contributed by atoms with van der Waals surface area (Å²) < 4.78 is 64.3. The number of halogens is 1. The Bertz CT molecular complexity index is 827. The van der Waals surface area contributed by atoms with Gasteiger partial charge in [0.25, 0.3) is 16.0 Å². The minimum absolute atomic E-state index is 0.168. The Kier molecular flexibility index (Phi) is 3.48. The fraction of sp³-hybridized carbons (Fsp3) is 0.111. The molecule has 0 unspecified atom stereocenters. The van der Waals surface area contributed by atoms with Gasteiger partial charge in [-0.05, 0) is 29.4 Å². The third kappa shape index (κ3) is 3.11. The first-order valence-corrected chi connectivity index (χ1v) is 7.93. The maximum atomic E-state index is 12.7. The molecule has 1 heterocycles. The van der Waals surface area contributed by atoms with Crippen LogP contribution in [0.1, 0.15) is 5.89 Å². The lowest BCUT2D eigenvalue weighted by Crippen LogP contribution is -2.14. The third-order valence-electron chi connectivity index (χ3n) is 2.17. The highest BCUT2D eigenvalue weighted by Gasteiger charge is 2.19. The van der Waals surface area contributed by atoms with Gasteiger partial charge in [0, 0.05) is 6.92 Å². The molecule has 0 radical (unpaired) electrons. The monoisotopic (exact) mass is 321 g/mol. The summed E-state index contributed by atoms with van der Waals surface area (Å²) in [5.74, 6) is -0.0914. The minimum atomic E-state index is -4.88. The zero-order chi connectivity index (χ0) is 15.0. The van der Waals surface area contributed by atoms with Gasteiger partial charge < -0.3 is 4.52 Å². The van der Waals surface area contributed by atoms with Gasteiger partial charge in [-0.2, -0.15) is 13.4 Å². The summed E-state index contributed by atoms with van der Waals surface area (Å²) >= 11 is 0. The van der Waals surface area contributed by atoms with Gasteiger partial charge in [0.15, 0.2) is 0 Å². The summed E-state index contributed by atoms with van der Waals surface area (Å²) in [6, 6.07) is 3.57. The molecule has 8 nitrogen and oxygen atoms in total. The summed E-state index contributed by atoms with van der Waals surface area (Å²) in [6.07, 6.45) is 0. The van der Waals surface area contributed by atoms with Gasteiger partial charge in [0.2, 0.25) is 5.89 Å². The Morgan fingerprint density at radius 2 is 1.65 bits per heavy atom. The van der Waals surface area contributed by atoms with Crippen molar-refractivity contribution in [3.8, 4) is 0 Å². The molecule has 0 saturated carbocycles. The number of rotatable bonds is 4. The Labute approximate surface area is 113 Å². The van der Waals surface area contributed by atoms with Crippen molar-refractivity contribution in [1.29, 1.82) is 0 Å². The van der Waals surface area contributed by atoms with E-state index in [2.05, 4.69) is 14.7 Å². The maximum absolute atomic E-state index is 12.7. The zero-order valence-corrected chi connectivity index (χ0v) is 11.6. The Morgan fingerprint density at radius 1 is 1.10 bits per heavy atom. The molecule has 0 atom stereocenters. The standard InChI is InChI=1S/C9H8FN3O5S2/c1-6-11-9(12-18-6)13-20(16,17)8-4-2-7(3-5-8)19(10,14)15/h2-5H,1H3,(H,12,13). The van der Waals surface area contributed by atoms with Crippen LogP contribution in [0.4, 0.5) is 9.83 Å². The average Bonchev–Trinajstić information content (AvgIpc) is 2.73. The normalized spacial score (nSPS) is 12.3. The summed E-state index contributed by atoms with van der Waals surface area (Å²) in [6.45, 7) is 1.48. The largest absolute Gasteiger partial charge is 0.338 e. The van der Waals surface area contributed by atoms with Gasteiger partial charge in [-0.3, -0.25) is 0 Å². The molecule has 0 amide bonds. The van der Waals surface area contributed by atoms with Crippen LogP contribution >= 0.6 is 0 Å². The van der Waals surface area contributed by atoms with Crippen LogP contribution in [0, 0.1) is 6.92 Å². The number of sulfonamides is 1. The van der Waals surface area contributed by atoms with Crippen molar-refractivity contribution < 1.29 is 25.2 Å². The predicted octanol–water partition coefficient (Wildman–Crippen LogP) is 0.837. The summed E-state index contributed by atoms with van der Waals surface area (Å²) in [5.41, 5.74) is 0. The molecule has 1 aromatic carbocycles. The first kappa shape index (κ1) is 14.4. The molecule has 0 aliphatic carbocycles. The SMILES string of the molecule is Cc1nc(NS(=O)(=O)c2ccc(S(=O)(=O)F)cc2)no1. The molecular formula is C9H8FN3O5S2. The number of benzene rings is 1. The van der Waals surface area contributed by atoms with E-state index in [-0.39, 0.29) is 16.7 Å². The molecule has 108 valence electrons. The number of nitrogens with zero attached hydrogens (tertiary/aromatic N) is 2. The second-order valence-corrected chi connectivity index (χ2v) is 6.68. The minimum Gasteiger partial charge on any atom is -0.338 e. The summed E-state index contributed by atoms with van der Waals surface area (Å²) in [5, 5.41) is 3.35. The van der Waals surface area contributed by atoms with Gasteiger partial charge >= 0.3 is 10.2 Å². The lowest BCUT2D eigenvalue weighted by atomic mass is 10.4. The highest BCUT2D eigenvalue weighted by Crippen LogP contribution is 2.18. The fourth-order valence-electron chi connectivity index (χ4n) is 1.30. The molecule has 1 N–H and O–H groups in total. The van der Waals surface area contributed by atoms with E-state index in [4.69, 9.17) is 0 Å². The quantitative estimate of drug-likeness (QED) is 0.828. The molecule has 2 rings (SSSR count). The lowest BCUT2D eigenvalue weighted by molar-refractivity contribution is 0.395. The van der Waals surface area contributed by atoms with E-state index < -0.39 is 25.1 Å². The van der Waals surface area contributed by atoms with Crippen LogP contribution in [0.25, 0.3) is 0 Å². The molecule has 0 fully saturated rings. The second kappa shape index (κ2) is 4.83. The van der Waals surface area contributed by atoms with Gasteiger partial charge in [-0.1, -0.05) is 0 Å². The van der Waals surface area contributed by atoms with Crippen molar-refractivity contribution in [2.75, 3.05) is 4.72 Å². The van der Waals surface area contributed by atoms with E-state index in [1.807, 2.05) is 4.72 Å². The molecule has 0 spiro atoms. The molecule has 0 saturated heterocycles. The first-order valence-electron chi connectivity index (χ1n) is 5.06. The molecule has 1 aromatic heterocycles. The van der Waals surface area contributed by atoms with Gasteiger partial charge in [-0.25, -0.2) is 13.1 Å². The molecule has 0 bridgehead atoms. The molecule has 0 aliphatic heterocycles. The van der Waals surface area contributed by atoms with E-state index in [0.29, 0.717) is 0 Å². The Hall–Kier alpha value is -2.01. The van der Waals surface area contributed by atoms with Crippen LogP contribution in [-0.4, -0.2) is 27.0 Å². The van der Waals surface area contributed by atoms with E-state index in [1.54, 1.807) is 0 Å². The van der Waals surface area contributed by atoms with Crippen molar-refractivity contribution >= 4 is 26.2 Å². The van der Waals surface area contributed by atoms with Crippen molar-refractivity contribution in [1.82, 2.24) is 10.1 Å². The molecular weight excluding hydrogens is 313 g/mol. The van der Waals surface area contributed by atoms with Gasteiger partial charge in [0.1, 0.15) is 0 Å². The zero-order valence-electron chi connectivity index (χ0n) is 9.94. The van der Waals surface area contributed by atoms with Crippen LogP contribution in [0.2, 0.25) is 0 Å². The van der Waals surface area contributed by atoms with E-state index in [9.17, 15) is 20.7 Å². The molecule has 11 heteroatoms. The number of nitrogens with one attached hydrogen (secondary N) is 1. The number of aryl methyl sites for hydroxylation is 1. The smallest absolute Gasteiger partial charge is 0.332 e. The fourth-order valence-corrected chi connectivity index (χ4v) is 2.70. The van der Waals surface area contributed by atoms with E-state index in [1.165, 1.54) is 6.92 Å². The van der Waals surface area contributed by atoms with Gasteiger partial charge in [-0.15, -0.1) is 3.89 Å². The summed E-state index contributed by atoms with van der Waals surface area (Å²) in [7, 11) is -8.89. The topological polar surface area (TPSA) is 119 Å². The predicted molar refractivity (Wildman–Crippen MR) is 64.6 cm³/mol. The highest BCUT2D eigenvalue weighted by atomic mass is 32.3. The summed E-state index contributed by atoms with van der Waals surface area (Å²) in [4.78, 5) is 2.75. The molecule has 2 aromatic rings. The lowest BCUT2D eigenvalue weighted by Gasteiger charge is -2.04. The maximum Gasteiger partial charge on any atom is 0.332 e. The molecule has 0 aliphatic rings. The van der Waals surface area contributed by atoms with Crippen molar-refractivity contribution in [3.05, 3.63) is 30.2 Å². The van der Waals surface area contributed by atoms with Crippen molar-refractivity contribution in [3.63, 3.8) is 0 Å². The number of hydrogen-bond donors (Lipinski definition) is 1. The third-order valence-corrected chi connectivity index (χ3v) is 4.35. The number of hydrogen-bond acceptors (Lipinski definition) is 7. The van der Waals surface area contributed by atoms with E-state index >= 15 is 0 Å². The number of anilines is 1. The van der Waals surface area contributed by atoms with Crippen LogP contribution in [0.3, 0.4) is 0 Å². The van der Waals surface area contributed by atoms with Crippen LogP contribution in [-0.2, 0) is 20.2 Å². The average molecular weight is 321 g/mol. The Balaban J connectivity index is 2.30. The first-order chi connectivity index (χ1) is 9.18. The molecule has 20 heavy (non-hydrogen) atoms. The highest BCUT2D eigenvalue weighted by molar-refractivity contribution is 7.92. The van der Waals surface area contributed by atoms with Crippen LogP contribution in [0.5, 0.6) is 0 Å². The number of aromatic nitrogens is 2. The van der Waals surface area contributed by atoms with Crippen molar-refractivity contribution in [2.24, 2.45) is 0 Å². The van der Waals surface area contributed by atoms with Gasteiger partial charge in [0.05, 0.1) is 9.79 Å². The van der Waals surface area contributed by atoms with Crippen molar-refractivity contribution in [2.45, 2.75) is 16.7 Å².